The third-order valence-corrected chi connectivity index (χ3v) is 1.93. The van der Waals surface area contributed by atoms with Gasteiger partial charge in [0, 0.05) is 6.04 Å². The van der Waals surface area contributed by atoms with Crippen LogP contribution in [0, 0.1) is 0 Å². The zero-order chi connectivity index (χ0) is 10.1. The Kier molecular flexibility index (Phi) is 2.93. The largest absolute Gasteiger partial charge is 0.459 e. The molecule has 0 aromatic heterocycles. The Morgan fingerprint density at radius 2 is 2.15 bits per heavy atom. The van der Waals surface area contributed by atoms with Crippen molar-refractivity contribution in [1.82, 2.24) is 5.32 Å². The molecule has 13 heavy (non-hydrogen) atoms. The average Bonchev–Trinajstić information content (AvgIpc) is 2.30. The summed E-state index contributed by atoms with van der Waals surface area (Å²) in [5.74, 6) is -0.238. The zero-order valence-electron chi connectivity index (χ0n) is 8.46. The third-order valence-electron chi connectivity index (χ3n) is 1.93. The molecule has 4 heteroatoms. The molecule has 0 aromatic carbocycles. The molecule has 1 rings (SSSR count). The number of hydrogen-bond donors (Lipinski definition) is 2. The molecule has 2 unspecified atom stereocenters. The maximum absolute atomic E-state index is 11.5. The highest BCUT2D eigenvalue weighted by Gasteiger charge is 2.33. The predicted octanol–water partition coefficient (Wildman–Crippen LogP) is 0.0173. The molecule has 1 aliphatic heterocycles. The van der Waals surface area contributed by atoms with Crippen molar-refractivity contribution in [1.29, 1.82) is 0 Å². The molecular formula is C9H18N2O2. The summed E-state index contributed by atoms with van der Waals surface area (Å²) < 4.78 is 5.21. The van der Waals surface area contributed by atoms with E-state index in [0.717, 1.165) is 13.0 Å². The van der Waals surface area contributed by atoms with E-state index in [0.29, 0.717) is 0 Å². The van der Waals surface area contributed by atoms with Gasteiger partial charge in [-0.2, -0.15) is 0 Å². The number of carbonyl (C=O) groups is 1. The lowest BCUT2D eigenvalue weighted by atomic mass is 10.1. The van der Waals surface area contributed by atoms with E-state index in [-0.39, 0.29) is 18.1 Å². The fourth-order valence-corrected chi connectivity index (χ4v) is 1.35. The molecule has 1 heterocycles. The number of carbonyl (C=O) groups excluding carboxylic acids is 1. The highest BCUT2D eigenvalue weighted by atomic mass is 16.6. The van der Waals surface area contributed by atoms with E-state index >= 15 is 0 Å². The van der Waals surface area contributed by atoms with Gasteiger partial charge in [0.25, 0.3) is 0 Å². The minimum absolute atomic E-state index is 0.102. The Bertz CT molecular complexity index is 198. The predicted molar refractivity (Wildman–Crippen MR) is 50.2 cm³/mol. The SMILES string of the molecule is CC(C)(C)OC(=O)C1NCCC1N. The summed E-state index contributed by atoms with van der Waals surface area (Å²) in [6.45, 7) is 6.35. The summed E-state index contributed by atoms with van der Waals surface area (Å²) in [5, 5.41) is 3.03. The van der Waals surface area contributed by atoms with Gasteiger partial charge in [-0.15, -0.1) is 0 Å². The minimum atomic E-state index is -0.429. The van der Waals surface area contributed by atoms with Crippen molar-refractivity contribution in [2.75, 3.05) is 6.54 Å². The summed E-state index contributed by atoms with van der Waals surface area (Å²) >= 11 is 0. The van der Waals surface area contributed by atoms with Crippen LogP contribution < -0.4 is 11.1 Å². The number of ether oxygens (including phenoxy) is 1. The highest BCUT2D eigenvalue weighted by molar-refractivity contribution is 5.77. The zero-order valence-corrected chi connectivity index (χ0v) is 8.46. The summed E-state index contributed by atoms with van der Waals surface area (Å²) in [4.78, 5) is 11.5. The van der Waals surface area contributed by atoms with Gasteiger partial charge in [-0.05, 0) is 33.7 Å². The van der Waals surface area contributed by atoms with E-state index in [1.54, 1.807) is 0 Å². The van der Waals surface area contributed by atoms with E-state index in [1.807, 2.05) is 20.8 Å². The molecule has 1 fully saturated rings. The molecule has 76 valence electrons. The van der Waals surface area contributed by atoms with E-state index in [4.69, 9.17) is 10.5 Å². The van der Waals surface area contributed by atoms with Gasteiger partial charge in [0.05, 0.1) is 0 Å². The fourth-order valence-electron chi connectivity index (χ4n) is 1.35. The Morgan fingerprint density at radius 3 is 2.54 bits per heavy atom. The molecule has 3 N–H and O–H groups in total. The van der Waals surface area contributed by atoms with Crippen LogP contribution in [0.5, 0.6) is 0 Å². The second kappa shape index (κ2) is 3.64. The van der Waals surface area contributed by atoms with Gasteiger partial charge in [-0.3, -0.25) is 4.79 Å². The van der Waals surface area contributed by atoms with Gasteiger partial charge in [-0.25, -0.2) is 0 Å². The maximum atomic E-state index is 11.5. The first-order valence-corrected chi connectivity index (χ1v) is 4.62. The van der Waals surface area contributed by atoms with Crippen molar-refractivity contribution in [3.63, 3.8) is 0 Å². The number of nitrogens with one attached hydrogen (secondary N) is 1. The standard InChI is InChI=1S/C9H18N2O2/c1-9(2,3)13-8(12)7-6(10)4-5-11-7/h6-7,11H,4-5,10H2,1-3H3. The van der Waals surface area contributed by atoms with Gasteiger partial charge in [0.1, 0.15) is 11.6 Å². The van der Waals surface area contributed by atoms with E-state index < -0.39 is 5.60 Å². The summed E-state index contributed by atoms with van der Waals surface area (Å²) in [6.07, 6.45) is 0.837. The van der Waals surface area contributed by atoms with E-state index in [9.17, 15) is 4.79 Å². The molecule has 0 saturated carbocycles. The van der Waals surface area contributed by atoms with Crippen LogP contribution in [0.1, 0.15) is 27.2 Å². The van der Waals surface area contributed by atoms with Gasteiger partial charge in [0.15, 0.2) is 0 Å². The van der Waals surface area contributed by atoms with Gasteiger partial charge in [-0.1, -0.05) is 0 Å². The van der Waals surface area contributed by atoms with E-state index in [2.05, 4.69) is 5.32 Å². The minimum Gasteiger partial charge on any atom is -0.459 e. The summed E-state index contributed by atoms with van der Waals surface area (Å²) in [7, 11) is 0. The van der Waals surface area contributed by atoms with Crippen LogP contribution in [-0.4, -0.2) is 30.2 Å². The number of nitrogens with two attached hydrogens (primary N) is 1. The Balaban J connectivity index is 2.48. The molecule has 0 radical (unpaired) electrons. The van der Waals surface area contributed by atoms with Crippen molar-refractivity contribution in [2.24, 2.45) is 5.73 Å². The molecule has 1 aliphatic rings. The Hall–Kier alpha value is -0.610. The smallest absolute Gasteiger partial charge is 0.325 e. The maximum Gasteiger partial charge on any atom is 0.325 e. The van der Waals surface area contributed by atoms with Crippen LogP contribution in [-0.2, 0) is 9.53 Å². The van der Waals surface area contributed by atoms with Crippen LogP contribution in [0.15, 0.2) is 0 Å². The molecule has 1 saturated heterocycles. The van der Waals surface area contributed by atoms with Gasteiger partial charge in [0.2, 0.25) is 0 Å². The van der Waals surface area contributed by atoms with E-state index in [1.165, 1.54) is 0 Å². The van der Waals surface area contributed by atoms with Crippen LogP contribution in [0.3, 0.4) is 0 Å². The molecule has 0 amide bonds. The average molecular weight is 186 g/mol. The normalized spacial score (nSPS) is 28.9. The van der Waals surface area contributed by atoms with Gasteiger partial charge >= 0.3 is 5.97 Å². The Morgan fingerprint density at radius 1 is 1.54 bits per heavy atom. The second-order valence-corrected chi connectivity index (χ2v) is 4.42. The third kappa shape index (κ3) is 2.97. The monoisotopic (exact) mass is 186 g/mol. The molecule has 0 aliphatic carbocycles. The molecule has 0 spiro atoms. The van der Waals surface area contributed by atoms with Crippen LogP contribution in [0.2, 0.25) is 0 Å². The number of hydrogen-bond acceptors (Lipinski definition) is 4. The number of esters is 1. The summed E-state index contributed by atoms with van der Waals surface area (Å²) in [6, 6.07) is -0.422. The van der Waals surface area contributed by atoms with Crippen molar-refractivity contribution < 1.29 is 9.53 Å². The van der Waals surface area contributed by atoms with Crippen LogP contribution in [0.4, 0.5) is 0 Å². The highest BCUT2D eigenvalue weighted by Crippen LogP contribution is 2.12. The molecular weight excluding hydrogens is 168 g/mol. The lowest BCUT2D eigenvalue weighted by molar-refractivity contribution is -0.157. The molecule has 0 bridgehead atoms. The molecule has 4 nitrogen and oxygen atoms in total. The van der Waals surface area contributed by atoms with Crippen molar-refractivity contribution in [2.45, 2.75) is 44.9 Å². The summed E-state index contributed by atoms with van der Waals surface area (Å²) in [5.41, 5.74) is 5.31. The first kappa shape index (κ1) is 10.5. The van der Waals surface area contributed by atoms with Crippen LogP contribution in [0.25, 0.3) is 0 Å². The topological polar surface area (TPSA) is 64.3 Å². The Labute approximate surface area is 78.8 Å². The van der Waals surface area contributed by atoms with Gasteiger partial charge < -0.3 is 15.8 Å². The lowest BCUT2D eigenvalue weighted by Gasteiger charge is -2.23. The molecule has 0 aromatic rings. The quantitative estimate of drug-likeness (QED) is 0.566. The fraction of sp³-hybridized carbons (Fsp3) is 0.889. The van der Waals surface area contributed by atoms with Crippen LogP contribution >= 0.6 is 0 Å². The van der Waals surface area contributed by atoms with Crippen molar-refractivity contribution in [3.8, 4) is 0 Å². The lowest BCUT2D eigenvalue weighted by Crippen LogP contribution is -2.46. The number of rotatable bonds is 1. The second-order valence-electron chi connectivity index (χ2n) is 4.42. The van der Waals surface area contributed by atoms with Crippen molar-refractivity contribution in [3.05, 3.63) is 0 Å². The van der Waals surface area contributed by atoms with Crippen molar-refractivity contribution >= 4 is 5.97 Å². The first-order valence-electron chi connectivity index (χ1n) is 4.62. The first-order chi connectivity index (χ1) is 5.90. The molecule has 2 atom stereocenters.